The van der Waals surface area contributed by atoms with E-state index in [4.69, 9.17) is 4.42 Å². The minimum absolute atomic E-state index is 0.960. The second kappa shape index (κ2) is 4.57. The van der Waals surface area contributed by atoms with Gasteiger partial charge >= 0.3 is 0 Å². The van der Waals surface area contributed by atoms with Gasteiger partial charge in [-0.05, 0) is 13.1 Å². The van der Waals surface area contributed by atoms with Crippen LogP contribution < -0.4 is 0 Å². The van der Waals surface area contributed by atoms with Gasteiger partial charge in [-0.25, -0.2) is 0 Å². The second-order valence-electron chi connectivity index (χ2n) is 2.56. The van der Waals surface area contributed by atoms with Crippen molar-refractivity contribution in [1.29, 1.82) is 0 Å². The Hall–Kier alpha value is -0.280. The molecule has 0 unspecified atom stereocenters. The average Bonchev–Trinajstić information content (AvgIpc) is 2.40. The van der Waals surface area contributed by atoms with Gasteiger partial charge in [0.05, 0.1) is 12.5 Å². The van der Waals surface area contributed by atoms with Gasteiger partial charge in [0.15, 0.2) is 0 Å². The van der Waals surface area contributed by atoms with Crippen molar-refractivity contribution in [2.45, 2.75) is 6.54 Å². The molecule has 0 aliphatic carbocycles. The Morgan fingerprint density at radius 1 is 1.64 bits per heavy atom. The lowest BCUT2D eigenvalue weighted by molar-refractivity contribution is 0.348. The maximum Gasteiger partial charge on any atom is 0.0947 e. The van der Waals surface area contributed by atoms with E-state index in [1.807, 2.05) is 6.07 Å². The summed E-state index contributed by atoms with van der Waals surface area (Å²) in [4.78, 5) is 2.24. The average molecular weight is 218 g/mol. The molecule has 1 rings (SSSR count). The van der Waals surface area contributed by atoms with Crippen molar-refractivity contribution in [2.75, 3.05) is 18.9 Å². The van der Waals surface area contributed by atoms with Gasteiger partial charge in [-0.15, -0.1) is 0 Å². The molecular weight excluding hydrogens is 206 g/mol. The number of hydrogen-bond donors (Lipinski definition) is 0. The predicted octanol–water partition coefficient (Wildman–Crippen LogP) is 2.11. The van der Waals surface area contributed by atoms with Crippen molar-refractivity contribution in [2.24, 2.45) is 0 Å². The van der Waals surface area contributed by atoms with E-state index in [-0.39, 0.29) is 0 Å². The van der Waals surface area contributed by atoms with E-state index in [9.17, 15) is 0 Å². The van der Waals surface area contributed by atoms with Gasteiger partial charge in [-0.3, -0.25) is 0 Å². The molecular formula is C8H12BrNO. The minimum Gasteiger partial charge on any atom is -0.472 e. The van der Waals surface area contributed by atoms with E-state index < -0.39 is 0 Å². The third-order valence-electron chi connectivity index (χ3n) is 1.50. The van der Waals surface area contributed by atoms with E-state index in [0.717, 1.165) is 18.4 Å². The highest BCUT2D eigenvalue weighted by atomic mass is 79.9. The highest BCUT2D eigenvalue weighted by Gasteiger charge is 1.98. The molecule has 0 saturated heterocycles. The Morgan fingerprint density at radius 3 is 3.00 bits per heavy atom. The van der Waals surface area contributed by atoms with Crippen LogP contribution in [0.5, 0.6) is 0 Å². The molecule has 2 nitrogen and oxygen atoms in total. The van der Waals surface area contributed by atoms with Crippen LogP contribution in [0.4, 0.5) is 0 Å². The lowest BCUT2D eigenvalue weighted by Crippen LogP contribution is -2.19. The lowest BCUT2D eigenvalue weighted by Gasteiger charge is -2.12. The fourth-order valence-corrected chi connectivity index (χ4v) is 1.52. The summed E-state index contributed by atoms with van der Waals surface area (Å²) in [5.74, 6) is 0. The van der Waals surface area contributed by atoms with Crippen molar-refractivity contribution >= 4 is 15.9 Å². The minimum atomic E-state index is 0.960. The van der Waals surface area contributed by atoms with Crippen LogP contribution in [0.15, 0.2) is 23.0 Å². The van der Waals surface area contributed by atoms with E-state index in [2.05, 4.69) is 27.9 Å². The molecule has 62 valence electrons. The van der Waals surface area contributed by atoms with Crippen LogP contribution >= 0.6 is 15.9 Å². The first kappa shape index (κ1) is 8.81. The van der Waals surface area contributed by atoms with Gasteiger partial charge in [0, 0.05) is 24.0 Å². The van der Waals surface area contributed by atoms with Gasteiger partial charge in [0.25, 0.3) is 0 Å². The van der Waals surface area contributed by atoms with Crippen molar-refractivity contribution in [3.05, 3.63) is 24.2 Å². The Bertz CT molecular complexity index is 186. The number of rotatable bonds is 4. The van der Waals surface area contributed by atoms with Crippen LogP contribution in [0.3, 0.4) is 0 Å². The fraction of sp³-hybridized carbons (Fsp3) is 0.500. The summed E-state index contributed by atoms with van der Waals surface area (Å²) >= 11 is 3.39. The normalized spacial score (nSPS) is 10.8. The number of hydrogen-bond acceptors (Lipinski definition) is 2. The Balaban J connectivity index is 2.31. The number of furan rings is 1. The number of halogens is 1. The van der Waals surface area contributed by atoms with Crippen LogP contribution in [0.25, 0.3) is 0 Å². The molecule has 0 spiro atoms. The lowest BCUT2D eigenvalue weighted by atomic mass is 10.3. The van der Waals surface area contributed by atoms with Crippen LogP contribution in [0, 0.1) is 0 Å². The van der Waals surface area contributed by atoms with Gasteiger partial charge < -0.3 is 9.32 Å². The maximum atomic E-state index is 4.96. The SMILES string of the molecule is CN(CCBr)Cc1ccoc1. The molecule has 3 heteroatoms. The van der Waals surface area contributed by atoms with Crippen molar-refractivity contribution < 1.29 is 4.42 Å². The first-order valence-electron chi connectivity index (χ1n) is 3.58. The Labute approximate surface area is 75.3 Å². The molecule has 0 aliphatic heterocycles. The molecule has 0 aliphatic rings. The fourth-order valence-electron chi connectivity index (χ4n) is 0.918. The van der Waals surface area contributed by atoms with Gasteiger partial charge in [0.1, 0.15) is 0 Å². The molecule has 1 aromatic heterocycles. The monoisotopic (exact) mass is 217 g/mol. The summed E-state index contributed by atoms with van der Waals surface area (Å²) in [6.07, 6.45) is 3.49. The predicted molar refractivity (Wildman–Crippen MR) is 48.8 cm³/mol. The van der Waals surface area contributed by atoms with E-state index in [1.54, 1.807) is 12.5 Å². The highest BCUT2D eigenvalue weighted by molar-refractivity contribution is 9.09. The second-order valence-corrected chi connectivity index (χ2v) is 3.35. The zero-order chi connectivity index (χ0) is 8.10. The van der Waals surface area contributed by atoms with Crippen LogP contribution in [-0.4, -0.2) is 23.8 Å². The number of alkyl halides is 1. The van der Waals surface area contributed by atoms with E-state index in [1.165, 1.54) is 5.56 Å². The maximum absolute atomic E-state index is 4.96. The summed E-state index contributed by atoms with van der Waals surface area (Å²) in [6, 6.07) is 1.99. The molecule has 1 heterocycles. The molecule has 0 amide bonds. The van der Waals surface area contributed by atoms with Gasteiger partial charge in [0.2, 0.25) is 0 Å². The highest BCUT2D eigenvalue weighted by Crippen LogP contribution is 2.03. The number of nitrogens with zero attached hydrogens (tertiary/aromatic N) is 1. The summed E-state index contributed by atoms with van der Waals surface area (Å²) < 4.78 is 4.96. The van der Waals surface area contributed by atoms with Crippen molar-refractivity contribution in [3.8, 4) is 0 Å². The summed E-state index contributed by atoms with van der Waals surface area (Å²) in [7, 11) is 2.09. The first-order valence-corrected chi connectivity index (χ1v) is 4.70. The molecule has 0 atom stereocenters. The van der Waals surface area contributed by atoms with Crippen LogP contribution in [0.2, 0.25) is 0 Å². The molecule has 0 bridgehead atoms. The largest absolute Gasteiger partial charge is 0.472 e. The topological polar surface area (TPSA) is 16.4 Å². The quantitative estimate of drug-likeness (QED) is 0.719. The zero-order valence-electron chi connectivity index (χ0n) is 6.59. The molecule has 11 heavy (non-hydrogen) atoms. The van der Waals surface area contributed by atoms with Crippen molar-refractivity contribution in [1.82, 2.24) is 4.90 Å². The smallest absolute Gasteiger partial charge is 0.0947 e. The summed E-state index contributed by atoms with van der Waals surface area (Å²) in [5, 5.41) is 1.02. The van der Waals surface area contributed by atoms with Gasteiger partial charge in [-0.1, -0.05) is 15.9 Å². The molecule has 0 aromatic carbocycles. The van der Waals surface area contributed by atoms with Crippen LogP contribution in [0.1, 0.15) is 5.56 Å². The van der Waals surface area contributed by atoms with Crippen LogP contribution in [-0.2, 0) is 6.54 Å². The summed E-state index contributed by atoms with van der Waals surface area (Å²) in [5.41, 5.74) is 1.23. The molecule has 0 saturated carbocycles. The third-order valence-corrected chi connectivity index (χ3v) is 1.85. The molecule has 0 N–H and O–H groups in total. The third kappa shape index (κ3) is 3.08. The summed E-state index contributed by atoms with van der Waals surface area (Å²) in [6.45, 7) is 2.02. The Kier molecular flexibility index (Phi) is 3.66. The first-order chi connectivity index (χ1) is 5.33. The molecule has 1 aromatic rings. The molecule has 0 radical (unpaired) electrons. The van der Waals surface area contributed by atoms with Crippen molar-refractivity contribution in [3.63, 3.8) is 0 Å². The van der Waals surface area contributed by atoms with E-state index in [0.29, 0.717) is 0 Å². The van der Waals surface area contributed by atoms with Gasteiger partial charge in [-0.2, -0.15) is 0 Å². The molecule has 0 fully saturated rings. The van der Waals surface area contributed by atoms with E-state index >= 15 is 0 Å². The zero-order valence-corrected chi connectivity index (χ0v) is 8.17. The standard InChI is InChI=1S/C8H12BrNO/c1-10(4-3-9)6-8-2-5-11-7-8/h2,5,7H,3-4,6H2,1H3. The Morgan fingerprint density at radius 2 is 2.45 bits per heavy atom.